The molecule has 1 amide bonds. The highest BCUT2D eigenvalue weighted by molar-refractivity contribution is 5.67. The lowest BCUT2D eigenvalue weighted by molar-refractivity contribution is -0.124. The van der Waals surface area contributed by atoms with Crippen molar-refractivity contribution in [3.05, 3.63) is 0 Å². The summed E-state index contributed by atoms with van der Waals surface area (Å²) in [5.41, 5.74) is 5.45. The van der Waals surface area contributed by atoms with Crippen molar-refractivity contribution in [2.75, 3.05) is 13.1 Å². The van der Waals surface area contributed by atoms with E-state index in [0.717, 1.165) is 12.8 Å². The second-order valence-corrected chi connectivity index (χ2v) is 3.84. The summed E-state index contributed by atoms with van der Waals surface area (Å²) in [5.74, 6) is 0.0663. The summed E-state index contributed by atoms with van der Waals surface area (Å²) in [6.07, 6.45) is -3.38. The van der Waals surface area contributed by atoms with Gasteiger partial charge in [-0.1, -0.05) is 0 Å². The van der Waals surface area contributed by atoms with E-state index in [0.29, 0.717) is 13.0 Å². The number of halogens is 3. The van der Waals surface area contributed by atoms with E-state index in [1.165, 1.54) is 0 Å². The van der Waals surface area contributed by atoms with E-state index < -0.39 is 18.8 Å². The van der Waals surface area contributed by atoms with Crippen molar-refractivity contribution < 1.29 is 22.7 Å². The lowest BCUT2D eigenvalue weighted by Gasteiger charge is -2.19. The van der Waals surface area contributed by atoms with Crippen LogP contribution in [0.4, 0.5) is 18.0 Å². The van der Waals surface area contributed by atoms with Gasteiger partial charge in [0.25, 0.3) is 0 Å². The number of hydrogen-bond donors (Lipinski definition) is 2. The normalized spacial score (nSPS) is 25.5. The lowest BCUT2D eigenvalue weighted by Crippen LogP contribution is -2.37. The van der Waals surface area contributed by atoms with Crippen molar-refractivity contribution in [3.63, 3.8) is 0 Å². The van der Waals surface area contributed by atoms with E-state index in [4.69, 9.17) is 10.5 Å². The fourth-order valence-corrected chi connectivity index (χ4v) is 1.78. The predicted molar refractivity (Wildman–Crippen MR) is 50.7 cm³/mol. The van der Waals surface area contributed by atoms with Crippen LogP contribution in [0.25, 0.3) is 0 Å². The Labute approximate surface area is 91.3 Å². The van der Waals surface area contributed by atoms with Crippen LogP contribution in [0.15, 0.2) is 0 Å². The Morgan fingerprint density at radius 2 is 2.12 bits per heavy atom. The van der Waals surface area contributed by atoms with Gasteiger partial charge in [0.1, 0.15) is 12.6 Å². The molecule has 0 aromatic carbocycles. The summed E-state index contributed by atoms with van der Waals surface area (Å²) in [5, 5.41) is 1.67. The topological polar surface area (TPSA) is 64.3 Å². The third-order valence-electron chi connectivity index (χ3n) is 2.58. The van der Waals surface area contributed by atoms with Crippen molar-refractivity contribution in [2.24, 2.45) is 11.7 Å². The molecule has 2 unspecified atom stereocenters. The minimum atomic E-state index is -4.41. The average molecular weight is 240 g/mol. The van der Waals surface area contributed by atoms with Gasteiger partial charge in [0, 0.05) is 5.92 Å². The number of carbonyl (C=O) groups is 1. The van der Waals surface area contributed by atoms with Crippen LogP contribution < -0.4 is 11.1 Å². The van der Waals surface area contributed by atoms with Crippen LogP contribution >= 0.6 is 0 Å². The maximum Gasteiger partial charge on any atom is 0.407 e. The summed E-state index contributed by atoms with van der Waals surface area (Å²) in [6.45, 7) is -0.983. The molecule has 0 saturated heterocycles. The molecule has 0 aromatic heterocycles. The SMILES string of the molecule is NCC1CCCC1OC(=O)NCC(F)(F)F. The first kappa shape index (κ1) is 13.1. The molecule has 16 heavy (non-hydrogen) atoms. The predicted octanol–water partition coefficient (Wildman–Crippen LogP) is 1.40. The highest BCUT2D eigenvalue weighted by Gasteiger charge is 2.31. The van der Waals surface area contributed by atoms with Gasteiger partial charge >= 0.3 is 12.3 Å². The Bertz CT molecular complexity index is 245. The first-order valence-corrected chi connectivity index (χ1v) is 5.13. The zero-order valence-electron chi connectivity index (χ0n) is 8.72. The molecule has 94 valence electrons. The fraction of sp³-hybridized carbons (Fsp3) is 0.889. The molecule has 2 atom stereocenters. The summed E-state index contributed by atoms with van der Waals surface area (Å²) >= 11 is 0. The molecule has 1 rings (SSSR count). The number of ether oxygens (including phenoxy) is 1. The van der Waals surface area contributed by atoms with Crippen LogP contribution in [-0.2, 0) is 4.74 Å². The van der Waals surface area contributed by atoms with Gasteiger partial charge in [-0.3, -0.25) is 0 Å². The average Bonchev–Trinajstić information content (AvgIpc) is 2.61. The van der Waals surface area contributed by atoms with Crippen LogP contribution in [0.5, 0.6) is 0 Å². The van der Waals surface area contributed by atoms with E-state index >= 15 is 0 Å². The van der Waals surface area contributed by atoms with E-state index in [1.54, 1.807) is 5.32 Å². The minimum Gasteiger partial charge on any atom is -0.446 e. The number of carbonyl (C=O) groups excluding carboxylic acids is 1. The molecule has 1 aliphatic rings. The quantitative estimate of drug-likeness (QED) is 0.783. The monoisotopic (exact) mass is 240 g/mol. The van der Waals surface area contributed by atoms with Crippen LogP contribution in [0.3, 0.4) is 0 Å². The van der Waals surface area contributed by atoms with Crippen molar-refractivity contribution in [3.8, 4) is 0 Å². The largest absolute Gasteiger partial charge is 0.446 e. The number of rotatable bonds is 3. The number of alkyl halides is 3. The van der Waals surface area contributed by atoms with Gasteiger partial charge in [-0.25, -0.2) is 4.79 Å². The van der Waals surface area contributed by atoms with Gasteiger partial charge in [-0.2, -0.15) is 13.2 Å². The molecular formula is C9H15F3N2O2. The molecule has 1 aliphatic carbocycles. The van der Waals surface area contributed by atoms with Crippen molar-refractivity contribution in [1.82, 2.24) is 5.32 Å². The Morgan fingerprint density at radius 1 is 1.44 bits per heavy atom. The molecule has 1 saturated carbocycles. The highest BCUT2D eigenvalue weighted by Crippen LogP contribution is 2.27. The smallest absolute Gasteiger partial charge is 0.407 e. The van der Waals surface area contributed by atoms with Crippen LogP contribution in [0.1, 0.15) is 19.3 Å². The Morgan fingerprint density at radius 3 is 2.69 bits per heavy atom. The van der Waals surface area contributed by atoms with Crippen LogP contribution in [-0.4, -0.2) is 31.5 Å². The third kappa shape index (κ3) is 4.26. The highest BCUT2D eigenvalue weighted by atomic mass is 19.4. The second-order valence-electron chi connectivity index (χ2n) is 3.84. The zero-order chi connectivity index (χ0) is 12.2. The van der Waals surface area contributed by atoms with Gasteiger partial charge in [0.05, 0.1) is 0 Å². The van der Waals surface area contributed by atoms with Crippen LogP contribution in [0, 0.1) is 5.92 Å². The van der Waals surface area contributed by atoms with E-state index in [-0.39, 0.29) is 12.0 Å². The van der Waals surface area contributed by atoms with Gasteiger partial charge < -0.3 is 15.8 Å². The van der Waals surface area contributed by atoms with E-state index in [1.807, 2.05) is 0 Å². The number of nitrogens with one attached hydrogen (secondary N) is 1. The minimum absolute atomic E-state index is 0.0663. The molecule has 0 heterocycles. The summed E-state index contributed by atoms with van der Waals surface area (Å²) in [4.78, 5) is 11.0. The maximum absolute atomic E-state index is 11.8. The van der Waals surface area contributed by atoms with Gasteiger partial charge in [0.2, 0.25) is 0 Å². The summed E-state index contributed by atoms with van der Waals surface area (Å²) in [6, 6.07) is 0. The molecule has 0 bridgehead atoms. The number of hydrogen-bond acceptors (Lipinski definition) is 3. The zero-order valence-corrected chi connectivity index (χ0v) is 8.72. The van der Waals surface area contributed by atoms with Crippen molar-refractivity contribution in [2.45, 2.75) is 31.5 Å². The van der Waals surface area contributed by atoms with Gasteiger partial charge in [-0.15, -0.1) is 0 Å². The maximum atomic E-state index is 11.8. The van der Waals surface area contributed by atoms with Gasteiger partial charge in [-0.05, 0) is 25.8 Å². The molecule has 3 N–H and O–H groups in total. The van der Waals surface area contributed by atoms with Crippen LogP contribution in [0.2, 0.25) is 0 Å². The summed E-state index contributed by atoms with van der Waals surface area (Å²) < 4.78 is 40.2. The molecule has 4 nitrogen and oxygen atoms in total. The Hall–Kier alpha value is -0.980. The van der Waals surface area contributed by atoms with Crippen molar-refractivity contribution >= 4 is 6.09 Å². The van der Waals surface area contributed by atoms with Crippen molar-refractivity contribution in [1.29, 1.82) is 0 Å². The molecule has 0 aliphatic heterocycles. The Kier molecular flexibility index (Phi) is 4.40. The standard InChI is InChI=1S/C9H15F3N2O2/c10-9(11,12)5-14-8(15)16-7-3-1-2-6(7)4-13/h6-7H,1-5,13H2,(H,14,15). The number of amides is 1. The van der Waals surface area contributed by atoms with E-state index in [2.05, 4.69) is 0 Å². The molecule has 7 heteroatoms. The van der Waals surface area contributed by atoms with Gasteiger partial charge in [0.15, 0.2) is 0 Å². The summed E-state index contributed by atoms with van der Waals surface area (Å²) in [7, 11) is 0. The lowest BCUT2D eigenvalue weighted by atomic mass is 10.1. The molecule has 0 radical (unpaired) electrons. The number of nitrogens with two attached hydrogens (primary N) is 1. The second kappa shape index (κ2) is 5.38. The fourth-order valence-electron chi connectivity index (χ4n) is 1.78. The number of alkyl carbamates (subject to hydrolysis) is 1. The molecular weight excluding hydrogens is 225 g/mol. The molecule has 0 aromatic rings. The van der Waals surface area contributed by atoms with E-state index in [9.17, 15) is 18.0 Å². The molecule has 1 fully saturated rings. The Balaban J connectivity index is 2.28. The first-order chi connectivity index (χ1) is 7.42. The molecule has 0 spiro atoms. The first-order valence-electron chi connectivity index (χ1n) is 5.13. The third-order valence-corrected chi connectivity index (χ3v) is 2.58.